The first-order chi connectivity index (χ1) is 10.4. The SMILES string of the molecule is C=C.c1ccc([S+](c2ccccc2)c2ccccc2)cc1. The van der Waals surface area contributed by atoms with Crippen LogP contribution in [0.4, 0.5) is 0 Å². The van der Waals surface area contributed by atoms with E-state index in [1.165, 1.54) is 14.7 Å². The van der Waals surface area contributed by atoms with Crippen LogP contribution in [0.15, 0.2) is 119 Å². The standard InChI is InChI=1S/C18H15S.C2H4/c1-4-10-16(11-5-1)19(17-12-6-2-7-13-17)18-14-8-3-9-15-18;1-2/h1-15H;1-2H2/q+1;. The highest BCUT2D eigenvalue weighted by molar-refractivity contribution is 7.97. The van der Waals surface area contributed by atoms with Gasteiger partial charge in [0.2, 0.25) is 0 Å². The van der Waals surface area contributed by atoms with Crippen LogP contribution >= 0.6 is 0 Å². The van der Waals surface area contributed by atoms with Gasteiger partial charge in [0.15, 0.2) is 14.7 Å². The molecule has 0 N–H and O–H groups in total. The highest BCUT2D eigenvalue weighted by Crippen LogP contribution is 2.30. The number of hydrogen-bond donors (Lipinski definition) is 0. The quantitative estimate of drug-likeness (QED) is 0.436. The second kappa shape index (κ2) is 8.13. The topological polar surface area (TPSA) is 0 Å². The highest BCUT2D eigenvalue weighted by Gasteiger charge is 2.27. The fourth-order valence-corrected chi connectivity index (χ4v) is 4.18. The molecule has 0 saturated carbocycles. The maximum atomic E-state index is 3.00. The summed E-state index contributed by atoms with van der Waals surface area (Å²) in [4.78, 5) is 4.08. The van der Waals surface area contributed by atoms with Gasteiger partial charge in [-0.2, -0.15) is 0 Å². The Morgan fingerprint density at radius 1 is 0.429 bits per heavy atom. The van der Waals surface area contributed by atoms with Crippen molar-refractivity contribution in [2.45, 2.75) is 14.7 Å². The fraction of sp³-hybridized carbons (Fsp3) is 0. The van der Waals surface area contributed by atoms with Crippen molar-refractivity contribution in [2.75, 3.05) is 0 Å². The van der Waals surface area contributed by atoms with Crippen LogP contribution < -0.4 is 0 Å². The first-order valence-corrected chi connectivity index (χ1v) is 8.07. The smallest absolute Gasteiger partial charge is 0.106 e. The molecule has 104 valence electrons. The molecule has 0 heterocycles. The van der Waals surface area contributed by atoms with Crippen molar-refractivity contribution in [1.82, 2.24) is 0 Å². The molecular formula is C20H19S+. The molecule has 3 rings (SSSR count). The van der Waals surface area contributed by atoms with Crippen molar-refractivity contribution in [2.24, 2.45) is 0 Å². The van der Waals surface area contributed by atoms with E-state index < -0.39 is 0 Å². The van der Waals surface area contributed by atoms with Gasteiger partial charge in [0.25, 0.3) is 0 Å². The summed E-state index contributed by atoms with van der Waals surface area (Å²) in [7, 11) is -0.0146. The second-order valence-electron chi connectivity index (χ2n) is 4.25. The predicted molar refractivity (Wildman–Crippen MR) is 92.7 cm³/mol. The molecule has 0 nitrogen and oxygen atoms in total. The summed E-state index contributed by atoms with van der Waals surface area (Å²) < 4.78 is 0. The first-order valence-electron chi connectivity index (χ1n) is 6.84. The normalized spacial score (nSPS) is 9.76. The van der Waals surface area contributed by atoms with E-state index in [4.69, 9.17) is 0 Å². The van der Waals surface area contributed by atoms with E-state index in [1.54, 1.807) is 0 Å². The molecule has 21 heavy (non-hydrogen) atoms. The molecule has 0 aliphatic carbocycles. The van der Waals surface area contributed by atoms with Gasteiger partial charge >= 0.3 is 0 Å². The third kappa shape index (κ3) is 3.87. The van der Waals surface area contributed by atoms with E-state index in [1.807, 2.05) is 0 Å². The molecule has 0 amide bonds. The number of rotatable bonds is 3. The molecule has 0 saturated heterocycles. The van der Waals surface area contributed by atoms with Crippen LogP contribution in [0.1, 0.15) is 0 Å². The highest BCUT2D eigenvalue weighted by atomic mass is 32.2. The minimum Gasteiger partial charge on any atom is -0.106 e. The van der Waals surface area contributed by atoms with Gasteiger partial charge in [0.05, 0.1) is 10.9 Å². The molecule has 0 aliphatic heterocycles. The lowest BCUT2D eigenvalue weighted by molar-refractivity contribution is 1.32. The van der Waals surface area contributed by atoms with E-state index >= 15 is 0 Å². The van der Waals surface area contributed by atoms with Crippen molar-refractivity contribution in [3.63, 3.8) is 0 Å². The maximum absolute atomic E-state index is 3.00. The van der Waals surface area contributed by atoms with Gasteiger partial charge in [-0.3, -0.25) is 0 Å². The van der Waals surface area contributed by atoms with Crippen LogP contribution in [-0.4, -0.2) is 0 Å². The third-order valence-corrected chi connectivity index (χ3v) is 5.17. The molecule has 3 aromatic carbocycles. The van der Waals surface area contributed by atoms with Gasteiger partial charge in [-0.05, 0) is 36.4 Å². The molecule has 0 fully saturated rings. The Bertz CT molecular complexity index is 539. The Morgan fingerprint density at radius 2 is 0.667 bits per heavy atom. The summed E-state index contributed by atoms with van der Waals surface area (Å²) in [6.45, 7) is 6.00. The third-order valence-electron chi connectivity index (χ3n) is 2.94. The van der Waals surface area contributed by atoms with Gasteiger partial charge in [0.1, 0.15) is 0 Å². The fourth-order valence-electron chi connectivity index (χ4n) is 2.08. The van der Waals surface area contributed by atoms with Crippen molar-refractivity contribution in [3.05, 3.63) is 104 Å². The van der Waals surface area contributed by atoms with Crippen LogP contribution in [0.5, 0.6) is 0 Å². The summed E-state index contributed by atoms with van der Waals surface area (Å²) >= 11 is 0. The zero-order valence-corrected chi connectivity index (χ0v) is 12.8. The molecule has 0 aliphatic rings. The Balaban J connectivity index is 0.000000774. The Morgan fingerprint density at radius 3 is 0.905 bits per heavy atom. The Kier molecular flexibility index (Phi) is 5.86. The van der Waals surface area contributed by atoms with Gasteiger partial charge in [-0.15, -0.1) is 13.2 Å². The summed E-state index contributed by atoms with van der Waals surface area (Å²) in [5.41, 5.74) is 0. The van der Waals surface area contributed by atoms with Crippen LogP contribution in [0.2, 0.25) is 0 Å². The van der Waals surface area contributed by atoms with E-state index in [2.05, 4.69) is 104 Å². The van der Waals surface area contributed by atoms with Crippen LogP contribution in [-0.2, 0) is 10.9 Å². The van der Waals surface area contributed by atoms with Crippen LogP contribution in [0.3, 0.4) is 0 Å². The van der Waals surface area contributed by atoms with E-state index in [-0.39, 0.29) is 10.9 Å². The van der Waals surface area contributed by atoms with E-state index in [9.17, 15) is 0 Å². The zero-order chi connectivity index (χ0) is 14.9. The predicted octanol–water partition coefficient (Wildman–Crippen LogP) is 5.58. The molecule has 3 aromatic rings. The van der Waals surface area contributed by atoms with Gasteiger partial charge in [0, 0.05) is 0 Å². The van der Waals surface area contributed by atoms with Gasteiger partial charge in [-0.25, -0.2) is 0 Å². The summed E-state index contributed by atoms with van der Waals surface area (Å²) in [5, 5.41) is 0. The molecule has 1 heteroatoms. The maximum Gasteiger partial charge on any atom is 0.166 e. The lowest BCUT2D eigenvalue weighted by Crippen LogP contribution is -2.04. The minimum absolute atomic E-state index is 0.0146. The molecule has 0 atom stereocenters. The molecule has 0 spiro atoms. The lowest BCUT2D eigenvalue weighted by Gasteiger charge is -2.07. The first kappa shape index (κ1) is 15.1. The molecule has 0 unspecified atom stereocenters. The van der Waals surface area contributed by atoms with Gasteiger partial charge < -0.3 is 0 Å². The van der Waals surface area contributed by atoms with E-state index in [0.29, 0.717) is 0 Å². The molecule has 0 radical (unpaired) electrons. The van der Waals surface area contributed by atoms with E-state index in [0.717, 1.165) is 0 Å². The average Bonchev–Trinajstić information content (AvgIpc) is 2.60. The number of benzene rings is 3. The monoisotopic (exact) mass is 291 g/mol. The second-order valence-corrected chi connectivity index (χ2v) is 6.27. The van der Waals surface area contributed by atoms with Gasteiger partial charge in [-0.1, -0.05) is 54.6 Å². The lowest BCUT2D eigenvalue weighted by atomic mass is 10.4. The van der Waals surface area contributed by atoms with Crippen LogP contribution in [0.25, 0.3) is 0 Å². The average molecular weight is 291 g/mol. The van der Waals surface area contributed by atoms with Crippen LogP contribution in [0, 0.1) is 0 Å². The molecule has 0 bridgehead atoms. The summed E-state index contributed by atoms with van der Waals surface area (Å²) in [6.07, 6.45) is 0. The van der Waals surface area contributed by atoms with Crippen molar-refractivity contribution in [1.29, 1.82) is 0 Å². The number of hydrogen-bond acceptors (Lipinski definition) is 0. The zero-order valence-electron chi connectivity index (χ0n) is 12.0. The summed E-state index contributed by atoms with van der Waals surface area (Å²) in [5.74, 6) is 0. The minimum atomic E-state index is -0.0146. The van der Waals surface area contributed by atoms with Crippen molar-refractivity contribution >= 4 is 10.9 Å². The summed E-state index contributed by atoms with van der Waals surface area (Å²) in [6, 6.07) is 32.2. The molecule has 0 aromatic heterocycles. The Labute approximate surface area is 130 Å². The Hall–Kier alpha value is -2.25. The van der Waals surface area contributed by atoms with Crippen molar-refractivity contribution < 1.29 is 0 Å². The molecular weight excluding hydrogens is 272 g/mol. The largest absolute Gasteiger partial charge is 0.166 e. The van der Waals surface area contributed by atoms with Crippen molar-refractivity contribution in [3.8, 4) is 0 Å².